The van der Waals surface area contributed by atoms with Gasteiger partial charge in [0.25, 0.3) is 0 Å². The smallest absolute Gasteiger partial charge is 0.141 e. The first kappa shape index (κ1) is 12.7. The van der Waals surface area contributed by atoms with Crippen molar-refractivity contribution >= 4 is 5.78 Å². The topological polar surface area (TPSA) is 20.3 Å². The minimum atomic E-state index is -0.168. The third-order valence-corrected chi connectivity index (χ3v) is 3.59. The van der Waals surface area contributed by atoms with Crippen molar-refractivity contribution in [2.24, 2.45) is 11.3 Å². The van der Waals surface area contributed by atoms with Gasteiger partial charge in [-0.25, -0.2) is 0 Å². The van der Waals surface area contributed by atoms with Crippen LogP contribution >= 0.6 is 0 Å². The number of hydrogen-bond donors (Lipinski definition) is 0. The molecule has 1 aliphatic rings. The Morgan fingerprint density at radius 2 is 2.00 bits per heavy atom. The largest absolute Gasteiger partial charge is 0.303 e. The molecule has 1 aliphatic heterocycles. The van der Waals surface area contributed by atoms with Crippen LogP contribution in [0.5, 0.6) is 0 Å². The van der Waals surface area contributed by atoms with Gasteiger partial charge in [0.2, 0.25) is 0 Å². The van der Waals surface area contributed by atoms with Crippen LogP contribution in [-0.4, -0.2) is 30.3 Å². The van der Waals surface area contributed by atoms with E-state index in [9.17, 15) is 4.79 Å². The van der Waals surface area contributed by atoms with E-state index in [1.54, 1.807) is 0 Å². The molecule has 0 amide bonds. The summed E-state index contributed by atoms with van der Waals surface area (Å²) in [7, 11) is 2.17. The molecular formula is C13H25NO. The Morgan fingerprint density at radius 1 is 1.40 bits per heavy atom. The van der Waals surface area contributed by atoms with Crippen molar-refractivity contribution < 1.29 is 4.79 Å². The highest BCUT2D eigenvalue weighted by Gasteiger charge is 2.34. The molecule has 0 N–H and O–H groups in total. The highest BCUT2D eigenvalue weighted by Crippen LogP contribution is 2.30. The lowest BCUT2D eigenvalue weighted by atomic mass is 9.77. The summed E-state index contributed by atoms with van der Waals surface area (Å²) >= 11 is 0. The minimum Gasteiger partial charge on any atom is -0.303 e. The average molecular weight is 211 g/mol. The summed E-state index contributed by atoms with van der Waals surface area (Å²) in [6.07, 6.45) is 3.26. The molecule has 1 fully saturated rings. The van der Waals surface area contributed by atoms with Crippen LogP contribution in [0.2, 0.25) is 0 Å². The molecule has 0 aromatic carbocycles. The predicted octanol–water partition coefficient (Wildman–Crippen LogP) is 2.72. The van der Waals surface area contributed by atoms with E-state index in [0.29, 0.717) is 17.7 Å². The minimum absolute atomic E-state index is 0.168. The van der Waals surface area contributed by atoms with E-state index in [0.717, 1.165) is 25.8 Å². The van der Waals surface area contributed by atoms with E-state index >= 15 is 0 Å². The van der Waals surface area contributed by atoms with Crippen LogP contribution in [0.3, 0.4) is 0 Å². The van der Waals surface area contributed by atoms with Crippen molar-refractivity contribution in [1.29, 1.82) is 0 Å². The SMILES string of the molecule is CCC1CC(C(=O)C(C)(C)C)CCN1C. The van der Waals surface area contributed by atoms with Crippen molar-refractivity contribution in [2.45, 2.75) is 53.0 Å². The summed E-state index contributed by atoms with van der Waals surface area (Å²) < 4.78 is 0. The summed E-state index contributed by atoms with van der Waals surface area (Å²) in [5.74, 6) is 0.750. The number of carbonyl (C=O) groups excluding carboxylic acids is 1. The van der Waals surface area contributed by atoms with Gasteiger partial charge in [0, 0.05) is 17.4 Å². The molecular weight excluding hydrogens is 186 g/mol. The number of piperidine rings is 1. The van der Waals surface area contributed by atoms with Crippen LogP contribution in [0.4, 0.5) is 0 Å². The molecule has 0 aliphatic carbocycles. The lowest BCUT2D eigenvalue weighted by Gasteiger charge is -2.38. The molecule has 15 heavy (non-hydrogen) atoms. The Labute approximate surface area is 94.0 Å². The lowest BCUT2D eigenvalue weighted by molar-refractivity contribution is -0.132. The fraction of sp³-hybridized carbons (Fsp3) is 0.923. The quantitative estimate of drug-likeness (QED) is 0.700. The number of Topliss-reactive ketones (excluding diaryl/α,β-unsaturated/α-hetero) is 1. The summed E-state index contributed by atoms with van der Waals surface area (Å²) in [4.78, 5) is 14.6. The molecule has 88 valence electrons. The van der Waals surface area contributed by atoms with Crippen molar-refractivity contribution in [3.8, 4) is 0 Å². The number of nitrogens with zero attached hydrogens (tertiary/aromatic N) is 1. The zero-order valence-electron chi connectivity index (χ0n) is 10.8. The van der Waals surface area contributed by atoms with E-state index in [-0.39, 0.29) is 5.41 Å². The Bertz CT molecular complexity index is 229. The van der Waals surface area contributed by atoms with Crippen LogP contribution in [0, 0.1) is 11.3 Å². The number of hydrogen-bond acceptors (Lipinski definition) is 2. The monoisotopic (exact) mass is 211 g/mol. The van der Waals surface area contributed by atoms with E-state index in [2.05, 4.69) is 18.9 Å². The Hall–Kier alpha value is -0.370. The number of ketones is 1. The van der Waals surface area contributed by atoms with Crippen LogP contribution in [0.25, 0.3) is 0 Å². The standard InChI is InChI=1S/C13H25NO/c1-6-11-9-10(7-8-14(11)5)12(15)13(2,3)4/h10-11H,6-9H2,1-5H3. The summed E-state index contributed by atoms with van der Waals surface area (Å²) in [5, 5.41) is 0. The Morgan fingerprint density at radius 3 is 2.47 bits per heavy atom. The lowest BCUT2D eigenvalue weighted by Crippen LogP contribution is -2.43. The Balaban J connectivity index is 2.62. The molecule has 0 spiro atoms. The van der Waals surface area contributed by atoms with Crippen molar-refractivity contribution in [3.63, 3.8) is 0 Å². The molecule has 2 unspecified atom stereocenters. The Kier molecular flexibility index (Phi) is 3.93. The highest BCUT2D eigenvalue weighted by atomic mass is 16.1. The van der Waals surface area contributed by atoms with Gasteiger partial charge in [-0.1, -0.05) is 27.7 Å². The second kappa shape index (κ2) is 4.65. The van der Waals surface area contributed by atoms with Gasteiger partial charge in [-0.2, -0.15) is 0 Å². The maximum atomic E-state index is 12.2. The first-order valence-electron chi connectivity index (χ1n) is 6.10. The van der Waals surface area contributed by atoms with E-state index < -0.39 is 0 Å². The second-order valence-corrected chi connectivity index (χ2v) is 5.88. The van der Waals surface area contributed by atoms with Crippen LogP contribution < -0.4 is 0 Å². The first-order valence-corrected chi connectivity index (χ1v) is 6.10. The first-order chi connectivity index (χ1) is 6.86. The molecule has 0 aromatic heterocycles. The molecule has 1 saturated heterocycles. The third kappa shape index (κ3) is 3.04. The maximum Gasteiger partial charge on any atom is 0.141 e. The van der Waals surface area contributed by atoms with Crippen molar-refractivity contribution in [1.82, 2.24) is 4.90 Å². The fourth-order valence-corrected chi connectivity index (χ4v) is 2.50. The number of likely N-dealkylation sites (tertiary alicyclic amines) is 1. The zero-order valence-corrected chi connectivity index (χ0v) is 10.8. The van der Waals surface area contributed by atoms with Crippen LogP contribution in [0.15, 0.2) is 0 Å². The van der Waals surface area contributed by atoms with Gasteiger partial charge in [-0.05, 0) is 32.9 Å². The van der Waals surface area contributed by atoms with E-state index in [4.69, 9.17) is 0 Å². The second-order valence-electron chi connectivity index (χ2n) is 5.88. The third-order valence-electron chi connectivity index (χ3n) is 3.59. The molecule has 0 saturated carbocycles. The van der Waals surface area contributed by atoms with Crippen LogP contribution in [-0.2, 0) is 4.79 Å². The van der Waals surface area contributed by atoms with Gasteiger partial charge in [0.15, 0.2) is 0 Å². The molecule has 0 bridgehead atoms. The zero-order chi connectivity index (χ0) is 11.6. The van der Waals surface area contributed by atoms with Gasteiger partial charge >= 0.3 is 0 Å². The predicted molar refractivity (Wildman–Crippen MR) is 63.9 cm³/mol. The van der Waals surface area contributed by atoms with Crippen molar-refractivity contribution in [3.05, 3.63) is 0 Å². The van der Waals surface area contributed by atoms with Crippen LogP contribution in [0.1, 0.15) is 47.0 Å². The normalized spacial score (nSPS) is 29.1. The van der Waals surface area contributed by atoms with Gasteiger partial charge in [-0.3, -0.25) is 4.79 Å². The molecule has 2 heteroatoms. The molecule has 1 heterocycles. The molecule has 2 atom stereocenters. The fourth-order valence-electron chi connectivity index (χ4n) is 2.50. The van der Waals surface area contributed by atoms with Gasteiger partial charge in [0.1, 0.15) is 5.78 Å². The highest BCUT2D eigenvalue weighted by molar-refractivity contribution is 5.86. The number of rotatable bonds is 2. The summed E-state index contributed by atoms with van der Waals surface area (Å²) in [6.45, 7) is 9.40. The average Bonchev–Trinajstić information content (AvgIpc) is 2.16. The van der Waals surface area contributed by atoms with Gasteiger partial charge in [0.05, 0.1) is 0 Å². The molecule has 0 radical (unpaired) electrons. The number of carbonyl (C=O) groups is 1. The van der Waals surface area contributed by atoms with E-state index in [1.807, 2.05) is 20.8 Å². The summed E-state index contributed by atoms with van der Waals surface area (Å²) in [5.41, 5.74) is -0.168. The molecule has 2 nitrogen and oxygen atoms in total. The molecule has 1 rings (SSSR count). The summed E-state index contributed by atoms with van der Waals surface area (Å²) in [6, 6.07) is 0.607. The van der Waals surface area contributed by atoms with E-state index in [1.165, 1.54) is 0 Å². The van der Waals surface area contributed by atoms with Gasteiger partial charge in [-0.15, -0.1) is 0 Å². The molecule has 0 aromatic rings. The van der Waals surface area contributed by atoms with Gasteiger partial charge < -0.3 is 4.90 Å². The van der Waals surface area contributed by atoms with Crippen molar-refractivity contribution in [2.75, 3.05) is 13.6 Å². The maximum absolute atomic E-state index is 12.2.